The number of nitro benzene ring substituents is 1. The van der Waals surface area contributed by atoms with E-state index in [1.165, 1.54) is 18.2 Å². The van der Waals surface area contributed by atoms with Crippen LogP contribution in [0.2, 0.25) is 0 Å². The molecule has 3 aromatic rings. The topological polar surface area (TPSA) is 118 Å². The second kappa shape index (κ2) is 12.2. The number of benzene rings is 2. The molecule has 1 aliphatic rings. The van der Waals surface area contributed by atoms with Gasteiger partial charge in [0.15, 0.2) is 0 Å². The smallest absolute Gasteiger partial charge is 0.338 e. The summed E-state index contributed by atoms with van der Waals surface area (Å²) in [5.74, 6) is -0.181. The van der Waals surface area contributed by atoms with Crippen molar-refractivity contribution in [3.63, 3.8) is 0 Å². The zero-order valence-corrected chi connectivity index (χ0v) is 21.4. The normalized spacial score (nSPS) is 14.0. The fourth-order valence-electron chi connectivity index (χ4n) is 4.32. The molecule has 1 fully saturated rings. The zero-order chi connectivity index (χ0) is 27.1. The molecular formula is C28H30N4O6. The van der Waals surface area contributed by atoms with E-state index in [4.69, 9.17) is 9.15 Å². The summed E-state index contributed by atoms with van der Waals surface area (Å²) in [6.45, 7) is 8.51. The average Bonchev–Trinajstić information content (AvgIpc) is 3.41. The van der Waals surface area contributed by atoms with Crippen LogP contribution in [0, 0.1) is 10.1 Å². The fraction of sp³-hybridized carbons (Fsp3) is 0.286. The lowest BCUT2D eigenvalue weighted by atomic mass is 10.1. The van der Waals surface area contributed by atoms with Crippen molar-refractivity contribution in [3.8, 4) is 11.3 Å². The minimum atomic E-state index is -0.467. The summed E-state index contributed by atoms with van der Waals surface area (Å²) in [7, 11) is 0. The molecular weight excluding hydrogens is 488 g/mol. The number of rotatable bonds is 9. The van der Waals surface area contributed by atoms with Crippen LogP contribution in [0.5, 0.6) is 0 Å². The number of anilines is 2. The zero-order valence-electron chi connectivity index (χ0n) is 21.4. The maximum atomic E-state index is 12.9. The van der Waals surface area contributed by atoms with Crippen molar-refractivity contribution in [2.45, 2.75) is 13.8 Å². The number of nitro groups is 1. The van der Waals surface area contributed by atoms with Gasteiger partial charge in [0.2, 0.25) is 5.91 Å². The second-order valence-corrected chi connectivity index (χ2v) is 8.67. The largest absolute Gasteiger partial charge is 0.462 e. The van der Waals surface area contributed by atoms with Gasteiger partial charge in [0.1, 0.15) is 11.5 Å². The molecule has 0 saturated carbocycles. The van der Waals surface area contributed by atoms with E-state index in [9.17, 15) is 19.7 Å². The van der Waals surface area contributed by atoms with Gasteiger partial charge >= 0.3 is 5.97 Å². The number of nitrogens with zero attached hydrogens (tertiary/aromatic N) is 3. The first-order valence-corrected chi connectivity index (χ1v) is 12.5. The molecule has 1 aromatic heterocycles. The quantitative estimate of drug-likeness (QED) is 0.185. The van der Waals surface area contributed by atoms with Gasteiger partial charge in [-0.05, 0) is 55.9 Å². The van der Waals surface area contributed by atoms with Crippen molar-refractivity contribution in [1.29, 1.82) is 0 Å². The van der Waals surface area contributed by atoms with E-state index in [1.807, 2.05) is 6.07 Å². The van der Waals surface area contributed by atoms with Gasteiger partial charge < -0.3 is 24.3 Å². The van der Waals surface area contributed by atoms with Gasteiger partial charge in [-0.25, -0.2) is 4.79 Å². The minimum Gasteiger partial charge on any atom is -0.462 e. The molecule has 1 saturated heterocycles. The molecule has 198 valence electrons. The minimum absolute atomic E-state index is 0.0658. The third kappa shape index (κ3) is 6.27. The number of para-hydroxylation sites is 1. The van der Waals surface area contributed by atoms with Gasteiger partial charge in [-0.1, -0.05) is 19.1 Å². The van der Waals surface area contributed by atoms with Gasteiger partial charge in [0.25, 0.3) is 5.69 Å². The number of carbonyl (C=O) groups is 2. The van der Waals surface area contributed by atoms with Crippen molar-refractivity contribution in [2.24, 2.45) is 0 Å². The van der Waals surface area contributed by atoms with Crippen molar-refractivity contribution < 1.29 is 23.7 Å². The molecule has 38 heavy (non-hydrogen) atoms. The van der Waals surface area contributed by atoms with E-state index in [1.54, 1.807) is 49.4 Å². The molecule has 10 nitrogen and oxygen atoms in total. The summed E-state index contributed by atoms with van der Waals surface area (Å²) in [5, 5.41) is 14.2. The summed E-state index contributed by atoms with van der Waals surface area (Å²) in [6, 6.07) is 14.7. The lowest BCUT2D eigenvalue weighted by Crippen LogP contribution is -2.46. The maximum Gasteiger partial charge on any atom is 0.338 e. The van der Waals surface area contributed by atoms with Crippen LogP contribution >= 0.6 is 0 Å². The average molecular weight is 519 g/mol. The first-order chi connectivity index (χ1) is 18.4. The van der Waals surface area contributed by atoms with Gasteiger partial charge in [0.05, 0.1) is 34.0 Å². The van der Waals surface area contributed by atoms with Crippen LogP contribution < -0.4 is 10.2 Å². The van der Waals surface area contributed by atoms with E-state index < -0.39 is 16.8 Å². The Kier molecular flexibility index (Phi) is 8.55. The highest BCUT2D eigenvalue weighted by molar-refractivity contribution is 6.05. The Morgan fingerprint density at radius 3 is 2.55 bits per heavy atom. The SMILES string of the molecule is CCOC(=O)c1ccc(N2CCN(CC)CC2)c(NC(=O)/C=C\c2ccc(-c3ccccc3[N+](=O)[O-])o2)c1. The molecule has 1 aliphatic heterocycles. The highest BCUT2D eigenvalue weighted by Gasteiger charge is 2.21. The Labute approximate surface area is 220 Å². The Hall–Kier alpha value is -4.44. The van der Waals surface area contributed by atoms with Crippen LogP contribution in [0.25, 0.3) is 17.4 Å². The molecule has 0 unspecified atom stereocenters. The highest BCUT2D eigenvalue weighted by Crippen LogP contribution is 2.32. The van der Waals surface area contributed by atoms with Gasteiger partial charge in [-0.2, -0.15) is 0 Å². The third-order valence-corrected chi connectivity index (χ3v) is 6.32. The Bertz CT molecular complexity index is 1340. The number of amides is 1. The lowest BCUT2D eigenvalue weighted by molar-refractivity contribution is -0.384. The van der Waals surface area contributed by atoms with Crippen molar-refractivity contribution >= 4 is 35.0 Å². The van der Waals surface area contributed by atoms with Crippen LogP contribution in [-0.2, 0) is 9.53 Å². The van der Waals surface area contributed by atoms with E-state index >= 15 is 0 Å². The number of likely N-dealkylation sites (N-methyl/N-ethyl adjacent to an activating group) is 1. The van der Waals surface area contributed by atoms with E-state index in [0.29, 0.717) is 28.3 Å². The number of hydrogen-bond donors (Lipinski definition) is 1. The predicted molar refractivity (Wildman–Crippen MR) is 145 cm³/mol. The Morgan fingerprint density at radius 2 is 1.84 bits per heavy atom. The second-order valence-electron chi connectivity index (χ2n) is 8.67. The first-order valence-electron chi connectivity index (χ1n) is 12.5. The third-order valence-electron chi connectivity index (χ3n) is 6.32. The van der Waals surface area contributed by atoms with Crippen molar-refractivity contribution in [3.05, 3.63) is 82.1 Å². The fourth-order valence-corrected chi connectivity index (χ4v) is 4.32. The highest BCUT2D eigenvalue weighted by atomic mass is 16.6. The van der Waals surface area contributed by atoms with Crippen molar-refractivity contribution in [2.75, 3.05) is 49.5 Å². The number of esters is 1. The summed E-state index contributed by atoms with van der Waals surface area (Å²) in [6.07, 6.45) is 2.81. The van der Waals surface area contributed by atoms with Crippen LogP contribution in [0.1, 0.15) is 30.0 Å². The first kappa shape index (κ1) is 26.6. The number of furan rings is 1. The van der Waals surface area contributed by atoms with Crippen molar-refractivity contribution in [1.82, 2.24) is 4.90 Å². The number of ether oxygens (including phenoxy) is 1. The molecule has 0 aliphatic carbocycles. The van der Waals surface area contributed by atoms with Gasteiger partial charge in [-0.3, -0.25) is 14.9 Å². The van der Waals surface area contributed by atoms with E-state index in [2.05, 4.69) is 22.0 Å². The van der Waals surface area contributed by atoms with Gasteiger partial charge in [-0.15, -0.1) is 0 Å². The number of hydrogen-bond acceptors (Lipinski definition) is 8. The predicted octanol–water partition coefficient (Wildman–Crippen LogP) is 4.83. The molecule has 1 N–H and O–H groups in total. The summed E-state index contributed by atoms with van der Waals surface area (Å²) >= 11 is 0. The number of carbonyl (C=O) groups excluding carboxylic acids is 2. The number of piperazine rings is 1. The molecule has 2 heterocycles. The van der Waals surface area contributed by atoms with Gasteiger partial charge in [0, 0.05) is 38.3 Å². The van der Waals surface area contributed by atoms with Crippen LogP contribution in [0.4, 0.5) is 17.1 Å². The van der Waals surface area contributed by atoms with Crippen LogP contribution in [0.15, 0.2) is 65.1 Å². The molecule has 4 rings (SSSR count). The number of nitrogens with one attached hydrogen (secondary N) is 1. The summed E-state index contributed by atoms with van der Waals surface area (Å²) in [4.78, 5) is 40.6. The molecule has 0 radical (unpaired) electrons. The van der Waals surface area contributed by atoms with E-state index in [-0.39, 0.29) is 12.3 Å². The van der Waals surface area contributed by atoms with Crippen LogP contribution in [-0.4, -0.2) is 61.0 Å². The summed E-state index contributed by atoms with van der Waals surface area (Å²) in [5.41, 5.74) is 1.97. The van der Waals surface area contributed by atoms with Crippen LogP contribution in [0.3, 0.4) is 0 Å². The maximum absolute atomic E-state index is 12.9. The molecule has 0 spiro atoms. The molecule has 2 aromatic carbocycles. The Balaban J connectivity index is 1.52. The molecule has 0 atom stereocenters. The Morgan fingerprint density at radius 1 is 1.08 bits per heavy atom. The molecule has 0 bridgehead atoms. The summed E-state index contributed by atoms with van der Waals surface area (Å²) < 4.78 is 10.9. The molecule has 10 heteroatoms. The van der Waals surface area contributed by atoms with E-state index in [0.717, 1.165) is 38.4 Å². The monoisotopic (exact) mass is 518 g/mol. The lowest BCUT2D eigenvalue weighted by Gasteiger charge is -2.36. The molecule has 1 amide bonds. The standard InChI is InChI=1S/C28H30N4O6/c1-3-30-15-17-31(18-16-30)25-12-9-20(28(34)37-4-2)19-23(25)29-27(33)14-11-21-10-13-26(38-21)22-7-5-6-8-24(22)32(35)36/h5-14,19H,3-4,15-18H2,1-2H3,(H,29,33)/b14-11-.